The molecule has 0 radical (unpaired) electrons. The maximum absolute atomic E-state index is 12.3. The molecule has 2 aliphatic rings. The number of fused-ring (bicyclic) bond motifs is 1. The van der Waals surface area contributed by atoms with Crippen molar-refractivity contribution in [3.63, 3.8) is 0 Å². The van der Waals surface area contributed by atoms with Crippen molar-refractivity contribution < 1.29 is 19.1 Å². The predicted octanol–water partition coefficient (Wildman–Crippen LogP) is 2.89. The molecule has 28 heavy (non-hydrogen) atoms. The van der Waals surface area contributed by atoms with Crippen molar-refractivity contribution in [1.82, 2.24) is 16.0 Å². The van der Waals surface area contributed by atoms with Gasteiger partial charge in [-0.3, -0.25) is 0 Å². The van der Waals surface area contributed by atoms with Crippen LogP contribution in [0, 0.1) is 18.8 Å². The SMILES string of the molecule is Cc1ccc(C(CNC(=O)N[C@@H]2C[C@@H]3COC[C@@H]32)NC(=O)OC(C)(C)C)cc1. The molecule has 0 bridgehead atoms. The van der Waals surface area contributed by atoms with Crippen LogP contribution in [0.15, 0.2) is 24.3 Å². The topological polar surface area (TPSA) is 88.7 Å². The van der Waals surface area contributed by atoms with Crippen LogP contribution in [0.1, 0.15) is 44.4 Å². The molecule has 1 aromatic rings. The highest BCUT2D eigenvalue weighted by molar-refractivity contribution is 5.74. The minimum absolute atomic E-state index is 0.170. The molecule has 0 aromatic heterocycles. The van der Waals surface area contributed by atoms with Crippen molar-refractivity contribution >= 4 is 12.1 Å². The van der Waals surface area contributed by atoms with E-state index in [0.717, 1.165) is 30.8 Å². The number of ether oxygens (including phenoxy) is 2. The number of carbonyl (C=O) groups excluding carboxylic acids is 2. The summed E-state index contributed by atoms with van der Waals surface area (Å²) in [5.41, 5.74) is 1.45. The molecular weight excluding hydrogens is 358 g/mol. The molecule has 1 aliphatic carbocycles. The number of nitrogens with one attached hydrogen (secondary N) is 3. The molecule has 1 aliphatic heterocycles. The third-order valence-corrected chi connectivity index (χ3v) is 5.28. The Balaban J connectivity index is 1.56. The van der Waals surface area contributed by atoms with Crippen LogP contribution in [0.3, 0.4) is 0 Å². The number of benzene rings is 1. The standard InChI is InChI=1S/C21H31N3O4/c1-13-5-7-14(8-6-13)18(24-20(26)28-21(2,3)4)10-22-19(25)23-17-9-15-11-27-12-16(15)17/h5-8,15-18H,9-12H2,1-4H3,(H,24,26)(H2,22,23,25)/t15-,16+,17-,18?/m1/s1. The summed E-state index contributed by atoms with van der Waals surface area (Å²) >= 11 is 0. The van der Waals surface area contributed by atoms with Crippen LogP contribution >= 0.6 is 0 Å². The number of carbonyl (C=O) groups is 2. The van der Waals surface area contributed by atoms with Gasteiger partial charge in [0.25, 0.3) is 0 Å². The molecule has 0 spiro atoms. The number of hydrogen-bond acceptors (Lipinski definition) is 4. The zero-order valence-corrected chi connectivity index (χ0v) is 17.1. The van der Waals surface area contributed by atoms with Gasteiger partial charge in [-0.25, -0.2) is 9.59 Å². The monoisotopic (exact) mass is 389 g/mol. The summed E-state index contributed by atoms with van der Waals surface area (Å²) in [5.74, 6) is 1.01. The largest absolute Gasteiger partial charge is 0.444 e. The summed E-state index contributed by atoms with van der Waals surface area (Å²) in [6.45, 7) is 9.25. The second-order valence-corrected chi connectivity index (χ2v) is 8.77. The number of rotatable bonds is 5. The van der Waals surface area contributed by atoms with Gasteiger partial charge in [0.2, 0.25) is 0 Å². The maximum Gasteiger partial charge on any atom is 0.408 e. The Bertz CT molecular complexity index is 699. The normalized spacial score (nSPS) is 24.5. The smallest absolute Gasteiger partial charge is 0.408 e. The Morgan fingerprint density at radius 2 is 1.93 bits per heavy atom. The zero-order chi connectivity index (χ0) is 20.3. The molecule has 3 N–H and O–H groups in total. The van der Waals surface area contributed by atoms with Crippen molar-refractivity contribution in [2.75, 3.05) is 19.8 Å². The maximum atomic E-state index is 12.3. The highest BCUT2D eigenvalue weighted by atomic mass is 16.6. The minimum Gasteiger partial charge on any atom is -0.444 e. The van der Waals surface area contributed by atoms with E-state index in [1.807, 2.05) is 52.0 Å². The molecule has 1 aromatic carbocycles. The highest BCUT2D eigenvalue weighted by Crippen LogP contribution is 2.39. The third-order valence-electron chi connectivity index (χ3n) is 5.28. The highest BCUT2D eigenvalue weighted by Gasteiger charge is 2.45. The third kappa shape index (κ3) is 5.38. The van der Waals surface area contributed by atoms with Gasteiger partial charge >= 0.3 is 12.1 Å². The summed E-state index contributed by atoms with van der Waals surface area (Å²) in [6, 6.07) is 7.42. The van der Waals surface area contributed by atoms with Gasteiger partial charge in [0.15, 0.2) is 0 Å². The molecule has 1 saturated heterocycles. The van der Waals surface area contributed by atoms with E-state index in [1.54, 1.807) is 0 Å². The van der Waals surface area contributed by atoms with Crippen molar-refractivity contribution in [2.45, 2.75) is 51.8 Å². The number of aryl methyl sites for hydroxylation is 1. The van der Waals surface area contributed by atoms with Gasteiger partial charge in [0.05, 0.1) is 12.6 Å². The Morgan fingerprint density at radius 1 is 1.21 bits per heavy atom. The van der Waals surface area contributed by atoms with Gasteiger partial charge in [-0.2, -0.15) is 0 Å². The van der Waals surface area contributed by atoms with Crippen molar-refractivity contribution in [1.29, 1.82) is 0 Å². The van der Waals surface area contributed by atoms with Crippen LogP contribution < -0.4 is 16.0 Å². The van der Waals surface area contributed by atoms with E-state index in [0.29, 0.717) is 11.8 Å². The molecule has 3 amide bonds. The molecular formula is C21H31N3O4. The Kier molecular flexibility index (Phi) is 6.13. The van der Waals surface area contributed by atoms with Gasteiger partial charge < -0.3 is 25.4 Å². The average molecular weight is 389 g/mol. The van der Waals surface area contributed by atoms with Crippen LogP contribution in [0.2, 0.25) is 0 Å². The van der Waals surface area contributed by atoms with E-state index in [-0.39, 0.29) is 24.7 Å². The number of amides is 3. The van der Waals surface area contributed by atoms with Gasteiger partial charge in [0, 0.05) is 25.1 Å². The van der Waals surface area contributed by atoms with Crippen molar-refractivity contribution in [3.05, 3.63) is 35.4 Å². The molecule has 7 nitrogen and oxygen atoms in total. The van der Waals surface area contributed by atoms with E-state index in [4.69, 9.17) is 9.47 Å². The zero-order valence-electron chi connectivity index (χ0n) is 17.1. The Hall–Kier alpha value is -2.28. The summed E-state index contributed by atoms with van der Waals surface area (Å²) < 4.78 is 10.8. The quantitative estimate of drug-likeness (QED) is 0.722. The van der Waals surface area contributed by atoms with E-state index in [2.05, 4.69) is 16.0 Å². The first-order valence-corrected chi connectivity index (χ1v) is 9.89. The fourth-order valence-electron chi connectivity index (χ4n) is 3.69. The van der Waals surface area contributed by atoms with E-state index < -0.39 is 11.7 Å². The van der Waals surface area contributed by atoms with E-state index in [1.165, 1.54) is 0 Å². The molecule has 1 unspecified atom stereocenters. The average Bonchev–Trinajstić information content (AvgIpc) is 2.96. The van der Waals surface area contributed by atoms with Crippen LogP contribution in [0.25, 0.3) is 0 Å². The second-order valence-electron chi connectivity index (χ2n) is 8.77. The lowest BCUT2D eigenvalue weighted by Gasteiger charge is -2.39. The van der Waals surface area contributed by atoms with E-state index >= 15 is 0 Å². The van der Waals surface area contributed by atoms with Gasteiger partial charge in [-0.05, 0) is 45.6 Å². The summed E-state index contributed by atoms with van der Waals surface area (Å²) in [5, 5.41) is 8.76. The number of alkyl carbamates (subject to hydrolysis) is 1. The predicted molar refractivity (Wildman–Crippen MR) is 106 cm³/mol. The Labute approximate surface area is 166 Å². The van der Waals surface area contributed by atoms with Gasteiger partial charge in [-0.1, -0.05) is 29.8 Å². The molecule has 7 heteroatoms. The van der Waals surface area contributed by atoms with E-state index in [9.17, 15) is 9.59 Å². The lowest BCUT2D eigenvalue weighted by Crippen LogP contribution is -2.55. The second kappa shape index (κ2) is 8.39. The van der Waals surface area contributed by atoms with Crippen molar-refractivity contribution in [2.24, 2.45) is 11.8 Å². The number of hydrogen-bond donors (Lipinski definition) is 3. The molecule has 4 atom stereocenters. The summed E-state index contributed by atoms with van der Waals surface area (Å²) in [4.78, 5) is 24.6. The summed E-state index contributed by atoms with van der Waals surface area (Å²) in [6.07, 6.45) is 0.459. The van der Waals surface area contributed by atoms with Crippen LogP contribution in [0.4, 0.5) is 9.59 Å². The lowest BCUT2D eigenvalue weighted by atomic mass is 9.71. The number of urea groups is 1. The van der Waals surface area contributed by atoms with Crippen molar-refractivity contribution in [3.8, 4) is 0 Å². The molecule has 1 saturated carbocycles. The lowest BCUT2D eigenvalue weighted by molar-refractivity contribution is 0.0503. The van der Waals surface area contributed by atoms with Crippen LogP contribution in [-0.2, 0) is 9.47 Å². The van der Waals surface area contributed by atoms with Gasteiger partial charge in [-0.15, -0.1) is 0 Å². The first-order valence-electron chi connectivity index (χ1n) is 9.89. The van der Waals surface area contributed by atoms with Crippen LogP contribution in [0.5, 0.6) is 0 Å². The summed E-state index contributed by atoms with van der Waals surface area (Å²) in [7, 11) is 0. The fraction of sp³-hybridized carbons (Fsp3) is 0.619. The first-order chi connectivity index (χ1) is 13.2. The van der Waals surface area contributed by atoms with Gasteiger partial charge in [0.1, 0.15) is 5.60 Å². The molecule has 2 fully saturated rings. The minimum atomic E-state index is -0.586. The molecule has 3 rings (SSSR count). The van der Waals surface area contributed by atoms with Crippen LogP contribution in [-0.4, -0.2) is 43.5 Å². The molecule has 154 valence electrons. The first kappa shape index (κ1) is 20.5. The fourth-order valence-corrected chi connectivity index (χ4v) is 3.69. The molecule has 1 heterocycles. The Morgan fingerprint density at radius 3 is 2.57 bits per heavy atom.